The van der Waals surface area contributed by atoms with Gasteiger partial charge in [0.2, 0.25) is 0 Å². The molecular weight excluding hydrogens is 252 g/mol. The molecule has 0 saturated carbocycles. The van der Waals surface area contributed by atoms with Gasteiger partial charge in [-0.15, -0.1) is 0 Å². The lowest BCUT2D eigenvalue weighted by molar-refractivity contribution is -0.146. The Bertz CT molecular complexity index is 408. The van der Waals surface area contributed by atoms with Gasteiger partial charge in [-0.3, -0.25) is 5.32 Å². The van der Waals surface area contributed by atoms with Crippen LogP contribution in [-0.4, -0.2) is 42.7 Å². The van der Waals surface area contributed by atoms with Gasteiger partial charge in [-0.05, 0) is 38.5 Å². The van der Waals surface area contributed by atoms with E-state index in [9.17, 15) is 9.90 Å². The van der Waals surface area contributed by atoms with E-state index >= 15 is 0 Å². The Kier molecular flexibility index (Phi) is 6.68. The Hall–Kier alpha value is -1.39. The van der Waals surface area contributed by atoms with Crippen LogP contribution in [0.1, 0.15) is 32.3 Å². The second-order valence-corrected chi connectivity index (χ2v) is 5.24. The summed E-state index contributed by atoms with van der Waals surface area (Å²) in [4.78, 5) is 14.1. The first kappa shape index (κ1) is 16.7. The number of hydrogen-bond acceptors (Lipinski definition) is 3. The molecule has 0 aliphatic carbocycles. The van der Waals surface area contributed by atoms with Crippen molar-refractivity contribution in [2.75, 3.05) is 26.7 Å². The number of hydrogen-bond donors (Lipinski definition) is 2. The number of carbonyl (C=O) groups is 1. The normalized spacial score (nSPS) is 14.2. The van der Waals surface area contributed by atoms with E-state index in [1.54, 1.807) is 0 Å². The Labute approximate surface area is 121 Å². The third-order valence-electron chi connectivity index (χ3n) is 3.42. The Morgan fingerprint density at radius 3 is 2.40 bits per heavy atom. The van der Waals surface area contributed by atoms with Gasteiger partial charge in [-0.25, -0.2) is 4.79 Å². The number of carboxylic acid groups (broad SMARTS) is 1. The van der Waals surface area contributed by atoms with Gasteiger partial charge in [-0.2, -0.15) is 0 Å². The van der Waals surface area contributed by atoms with Crippen LogP contribution in [0, 0.1) is 0 Å². The highest BCUT2D eigenvalue weighted by Crippen LogP contribution is 2.23. The Balaban J connectivity index is 3.10. The van der Waals surface area contributed by atoms with Crippen molar-refractivity contribution in [2.24, 2.45) is 0 Å². The SMILES string of the molecule is CCCNC(CN(C)CCC)(C(=O)O)c1ccccc1. The first-order chi connectivity index (χ1) is 9.56. The third-order valence-corrected chi connectivity index (χ3v) is 3.42. The molecule has 0 heterocycles. The molecule has 0 bridgehead atoms. The fourth-order valence-electron chi connectivity index (χ4n) is 2.44. The van der Waals surface area contributed by atoms with Crippen LogP contribution in [-0.2, 0) is 10.3 Å². The molecule has 112 valence electrons. The van der Waals surface area contributed by atoms with E-state index in [1.807, 2.05) is 44.3 Å². The number of benzene rings is 1. The number of likely N-dealkylation sites (N-methyl/N-ethyl adjacent to an activating group) is 1. The average molecular weight is 278 g/mol. The molecule has 0 aliphatic rings. The highest BCUT2D eigenvalue weighted by molar-refractivity contribution is 5.81. The zero-order valence-corrected chi connectivity index (χ0v) is 12.7. The van der Waals surface area contributed by atoms with Gasteiger partial charge in [0, 0.05) is 6.54 Å². The highest BCUT2D eigenvalue weighted by atomic mass is 16.4. The van der Waals surface area contributed by atoms with Gasteiger partial charge in [0.15, 0.2) is 5.54 Å². The van der Waals surface area contributed by atoms with Crippen molar-refractivity contribution in [3.63, 3.8) is 0 Å². The summed E-state index contributed by atoms with van der Waals surface area (Å²) in [7, 11) is 1.97. The topological polar surface area (TPSA) is 52.6 Å². The largest absolute Gasteiger partial charge is 0.480 e. The highest BCUT2D eigenvalue weighted by Gasteiger charge is 2.40. The predicted molar refractivity (Wildman–Crippen MR) is 81.8 cm³/mol. The molecule has 2 N–H and O–H groups in total. The van der Waals surface area contributed by atoms with Crippen LogP contribution in [0.15, 0.2) is 30.3 Å². The Morgan fingerprint density at radius 1 is 1.25 bits per heavy atom. The summed E-state index contributed by atoms with van der Waals surface area (Å²) in [6.45, 7) is 6.16. The van der Waals surface area contributed by atoms with Crippen molar-refractivity contribution < 1.29 is 9.90 Å². The predicted octanol–water partition coefficient (Wildman–Crippen LogP) is 2.31. The monoisotopic (exact) mass is 278 g/mol. The summed E-state index contributed by atoms with van der Waals surface area (Å²) in [6, 6.07) is 9.46. The van der Waals surface area contributed by atoms with Gasteiger partial charge < -0.3 is 10.0 Å². The minimum absolute atomic E-state index is 0.459. The van der Waals surface area contributed by atoms with Crippen LogP contribution in [0.25, 0.3) is 0 Å². The van der Waals surface area contributed by atoms with Crippen LogP contribution in [0.2, 0.25) is 0 Å². The smallest absolute Gasteiger partial charge is 0.329 e. The molecule has 4 heteroatoms. The molecule has 0 spiro atoms. The lowest BCUT2D eigenvalue weighted by atomic mass is 9.89. The molecule has 0 amide bonds. The molecule has 0 aliphatic heterocycles. The fraction of sp³-hybridized carbons (Fsp3) is 0.562. The molecule has 0 saturated heterocycles. The van der Waals surface area contributed by atoms with Crippen LogP contribution in [0.5, 0.6) is 0 Å². The zero-order chi connectivity index (χ0) is 15.0. The second kappa shape index (κ2) is 8.02. The van der Waals surface area contributed by atoms with Gasteiger partial charge in [-0.1, -0.05) is 44.2 Å². The maximum Gasteiger partial charge on any atom is 0.329 e. The summed E-state index contributed by atoms with van der Waals surface area (Å²) in [5.41, 5.74) is -0.231. The van der Waals surface area contributed by atoms with Gasteiger partial charge in [0.1, 0.15) is 0 Å². The van der Waals surface area contributed by atoms with Crippen LogP contribution >= 0.6 is 0 Å². The van der Waals surface area contributed by atoms with E-state index in [1.165, 1.54) is 0 Å². The summed E-state index contributed by atoms with van der Waals surface area (Å²) in [5.74, 6) is -0.819. The number of carboxylic acids is 1. The molecule has 1 rings (SSSR count). The molecule has 1 atom stereocenters. The van der Waals surface area contributed by atoms with Crippen LogP contribution < -0.4 is 5.32 Å². The first-order valence-corrected chi connectivity index (χ1v) is 7.29. The fourth-order valence-corrected chi connectivity index (χ4v) is 2.44. The standard InChI is InChI=1S/C16H26N2O2/c1-4-11-17-16(15(19)20,13-18(3)12-5-2)14-9-7-6-8-10-14/h6-10,17H,4-5,11-13H2,1-3H3,(H,19,20). The average Bonchev–Trinajstić information content (AvgIpc) is 2.44. The minimum atomic E-state index is -1.04. The van der Waals surface area contributed by atoms with Gasteiger partial charge in [0.25, 0.3) is 0 Å². The van der Waals surface area contributed by atoms with E-state index in [0.29, 0.717) is 13.1 Å². The van der Waals surface area contributed by atoms with Crippen molar-refractivity contribution in [3.8, 4) is 0 Å². The molecule has 1 aromatic carbocycles. The quantitative estimate of drug-likeness (QED) is 0.728. The number of nitrogens with one attached hydrogen (secondary N) is 1. The maximum absolute atomic E-state index is 12.0. The van der Waals surface area contributed by atoms with Crippen molar-refractivity contribution in [3.05, 3.63) is 35.9 Å². The van der Waals surface area contributed by atoms with Crippen molar-refractivity contribution >= 4 is 5.97 Å². The van der Waals surface area contributed by atoms with Crippen LogP contribution in [0.4, 0.5) is 0 Å². The lowest BCUT2D eigenvalue weighted by Gasteiger charge is -2.35. The summed E-state index contributed by atoms with van der Waals surface area (Å²) in [5, 5.41) is 13.1. The van der Waals surface area contributed by atoms with Crippen molar-refractivity contribution in [1.82, 2.24) is 10.2 Å². The lowest BCUT2D eigenvalue weighted by Crippen LogP contribution is -2.56. The second-order valence-electron chi connectivity index (χ2n) is 5.24. The third kappa shape index (κ3) is 4.05. The molecule has 0 radical (unpaired) electrons. The molecule has 0 aromatic heterocycles. The molecular formula is C16H26N2O2. The summed E-state index contributed by atoms with van der Waals surface area (Å²) < 4.78 is 0. The molecule has 0 fully saturated rings. The van der Waals surface area contributed by atoms with Crippen molar-refractivity contribution in [2.45, 2.75) is 32.2 Å². The van der Waals surface area contributed by atoms with Crippen LogP contribution in [0.3, 0.4) is 0 Å². The summed E-state index contributed by atoms with van der Waals surface area (Å²) in [6.07, 6.45) is 1.91. The molecule has 4 nitrogen and oxygen atoms in total. The van der Waals surface area contributed by atoms with E-state index in [4.69, 9.17) is 0 Å². The molecule has 20 heavy (non-hydrogen) atoms. The first-order valence-electron chi connectivity index (χ1n) is 7.29. The number of rotatable bonds is 9. The van der Waals surface area contributed by atoms with Gasteiger partial charge in [0.05, 0.1) is 0 Å². The summed E-state index contributed by atoms with van der Waals surface area (Å²) >= 11 is 0. The van der Waals surface area contributed by atoms with E-state index < -0.39 is 11.5 Å². The minimum Gasteiger partial charge on any atom is -0.480 e. The van der Waals surface area contributed by atoms with Gasteiger partial charge >= 0.3 is 5.97 Å². The van der Waals surface area contributed by atoms with Crippen molar-refractivity contribution in [1.29, 1.82) is 0 Å². The van der Waals surface area contributed by atoms with E-state index in [2.05, 4.69) is 17.1 Å². The maximum atomic E-state index is 12.0. The Morgan fingerprint density at radius 2 is 1.90 bits per heavy atom. The zero-order valence-electron chi connectivity index (χ0n) is 12.7. The molecule has 1 unspecified atom stereocenters. The molecule has 1 aromatic rings. The number of aliphatic carboxylic acids is 1. The van der Waals surface area contributed by atoms with E-state index in [-0.39, 0.29) is 0 Å². The number of nitrogens with zero attached hydrogens (tertiary/aromatic N) is 1. The van der Waals surface area contributed by atoms with E-state index in [0.717, 1.165) is 24.9 Å².